The Hall–Kier alpha value is -2.93. The first-order valence-corrected chi connectivity index (χ1v) is 13.1. The number of aryl methyl sites for hydroxylation is 2. The second kappa shape index (κ2) is 10.8. The van der Waals surface area contributed by atoms with Crippen molar-refractivity contribution in [3.8, 4) is 11.1 Å². The smallest absolute Gasteiger partial charge is 0.340 e. The van der Waals surface area contributed by atoms with Crippen molar-refractivity contribution >= 4 is 17.6 Å². The van der Waals surface area contributed by atoms with Crippen LogP contribution in [-0.4, -0.2) is 46.8 Å². The molecule has 37 heavy (non-hydrogen) atoms. The van der Waals surface area contributed by atoms with Crippen molar-refractivity contribution in [2.24, 2.45) is 5.41 Å². The zero-order valence-corrected chi connectivity index (χ0v) is 23.8. The standard InChI is InChI=1S/C30H42N2O5/c1-18(2)36-28(35)26(37-29(5,6)7)24-20(4)31-19(3)23(21-10-12-22(13-11-21)27(33)34)25(24)32-16-14-30(8,9)15-17-32/h10-13,18,26H,14-17H2,1-9H3,(H,33,34). The van der Waals surface area contributed by atoms with Gasteiger partial charge >= 0.3 is 11.9 Å². The van der Waals surface area contributed by atoms with Gasteiger partial charge in [0, 0.05) is 35.6 Å². The fourth-order valence-corrected chi connectivity index (χ4v) is 4.82. The summed E-state index contributed by atoms with van der Waals surface area (Å²) in [6.07, 6.45) is 0.758. The first-order chi connectivity index (χ1) is 17.1. The van der Waals surface area contributed by atoms with E-state index in [0.717, 1.165) is 54.1 Å². The van der Waals surface area contributed by atoms with E-state index in [4.69, 9.17) is 14.5 Å². The molecule has 7 heteroatoms. The van der Waals surface area contributed by atoms with Gasteiger partial charge in [-0.1, -0.05) is 26.0 Å². The number of pyridine rings is 1. The minimum atomic E-state index is -0.973. The number of rotatable bonds is 7. The normalized spacial score (nSPS) is 16.5. The van der Waals surface area contributed by atoms with Crippen LogP contribution in [0.3, 0.4) is 0 Å². The molecule has 0 bridgehead atoms. The Labute approximate surface area is 221 Å². The molecule has 0 spiro atoms. The van der Waals surface area contributed by atoms with Gasteiger partial charge in [0.05, 0.1) is 23.0 Å². The summed E-state index contributed by atoms with van der Waals surface area (Å²) in [4.78, 5) is 32.2. The second-order valence-corrected chi connectivity index (χ2v) is 12.0. The highest BCUT2D eigenvalue weighted by molar-refractivity contribution is 5.91. The number of nitrogens with zero attached hydrogens (tertiary/aromatic N) is 2. The molecule has 0 amide bonds. The number of aromatic carboxylic acids is 1. The van der Waals surface area contributed by atoms with Crippen LogP contribution < -0.4 is 4.90 Å². The number of anilines is 1. The van der Waals surface area contributed by atoms with Crippen molar-refractivity contribution in [2.45, 2.75) is 93.0 Å². The maximum atomic E-state index is 13.5. The maximum absolute atomic E-state index is 13.5. The average Bonchev–Trinajstić information content (AvgIpc) is 2.76. The number of carboxylic acid groups (broad SMARTS) is 1. The summed E-state index contributed by atoms with van der Waals surface area (Å²) in [5.41, 5.74) is 4.74. The molecule has 1 saturated heterocycles. The van der Waals surface area contributed by atoms with Gasteiger partial charge in [0.1, 0.15) is 0 Å². The molecule has 1 unspecified atom stereocenters. The molecule has 1 N–H and O–H groups in total. The molecule has 1 aromatic carbocycles. The summed E-state index contributed by atoms with van der Waals surface area (Å²) in [6, 6.07) is 6.85. The molecule has 1 aliphatic heterocycles. The number of piperidine rings is 1. The molecule has 3 rings (SSSR count). The van der Waals surface area contributed by atoms with Crippen LogP contribution in [0.1, 0.15) is 94.7 Å². The van der Waals surface area contributed by atoms with E-state index in [9.17, 15) is 14.7 Å². The molecule has 1 aliphatic rings. The summed E-state index contributed by atoms with van der Waals surface area (Å²) in [5, 5.41) is 9.41. The number of benzene rings is 1. The van der Waals surface area contributed by atoms with Crippen molar-refractivity contribution in [3.05, 3.63) is 46.8 Å². The number of aromatic nitrogens is 1. The third-order valence-corrected chi connectivity index (χ3v) is 6.73. The minimum Gasteiger partial charge on any atom is -0.478 e. The predicted octanol–water partition coefficient (Wildman–Crippen LogP) is 6.50. The van der Waals surface area contributed by atoms with E-state index in [1.807, 2.05) is 60.6 Å². The quantitative estimate of drug-likeness (QED) is 0.425. The van der Waals surface area contributed by atoms with Gasteiger partial charge in [-0.25, -0.2) is 9.59 Å². The van der Waals surface area contributed by atoms with Crippen LogP contribution in [0.5, 0.6) is 0 Å². The lowest BCUT2D eigenvalue weighted by molar-refractivity contribution is -0.171. The van der Waals surface area contributed by atoms with Crippen LogP contribution in [0.4, 0.5) is 5.69 Å². The summed E-state index contributed by atoms with van der Waals surface area (Å²) < 4.78 is 12.1. The second-order valence-electron chi connectivity index (χ2n) is 12.0. The molecular formula is C30H42N2O5. The molecule has 1 atom stereocenters. The Morgan fingerprint density at radius 2 is 1.59 bits per heavy atom. The molecule has 7 nitrogen and oxygen atoms in total. The highest BCUT2D eigenvalue weighted by atomic mass is 16.6. The van der Waals surface area contributed by atoms with Gasteiger partial charge in [0.25, 0.3) is 0 Å². The van der Waals surface area contributed by atoms with Crippen molar-refractivity contribution in [1.29, 1.82) is 0 Å². The third kappa shape index (κ3) is 6.89. The fourth-order valence-electron chi connectivity index (χ4n) is 4.82. The molecule has 2 heterocycles. The molecule has 2 aromatic rings. The van der Waals surface area contributed by atoms with E-state index in [0.29, 0.717) is 5.56 Å². The van der Waals surface area contributed by atoms with Crippen molar-refractivity contribution in [3.63, 3.8) is 0 Å². The Kier molecular flexibility index (Phi) is 8.37. The summed E-state index contributed by atoms with van der Waals surface area (Å²) in [6.45, 7) is 19.5. The van der Waals surface area contributed by atoms with Gasteiger partial charge in [-0.05, 0) is 84.4 Å². The highest BCUT2D eigenvalue weighted by Gasteiger charge is 2.37. The average molecular weight is 511 g/mol. The Bertz CT molecular complexity index is 1140. The molecule has 0 radical (unpaired) electrons. The maximum Gasteiger partial charge on any atom is 0.340 e. The number of ether oxygens (including phenoxy) is 2. The van der Waals surface area contributed by atoms with Crippen LogP contribution in [-0.2, 0) is 14.3 Å². The zero-order chi connectivity index (χ0) is 27.7. The molecule has 202 valence electrons. The highest BCUT2D eigenvalue weighted by Crippen LogP contribution is 2.45. The molecule has 0 saturated carbocycles. The third-order valence-electron chi connectivity index (χ3n) is 6.73. The van der Waals surface area contributed by atoms with E-state index in [1.165, 1.54) is 0 Å². The van der Waals surface area contributed by atoms with Crippen LogP contribution in [0.2, 0.25) is 0 Å². The number of hydrogen-bond donors (Lipinski definition) is 1. The van der Waals surface area contributed by atoms with E-state index < -0.39 is 23.6 Å². The first kappa shape index (κ1) is 28.6. The zero-order valence-electron chi connectivity index (χ0n) is 23.8. The lowest BCUT2D eigenvalue weighted by Crippen LogP contribution is -2.39. The monoisotopic (exact) mass is 510 g/mol. The lowest BCUT2D eigenvalue weighted by atomic mass is 9.81. The van der Waals surface area contributed by atoms with E-state index in [2.05, 4.69) is 18.7 Å². The number of esters is 1. The lowest BCUT2D eigenvalue weighted by Gasteiger charge is -2.41. The SMILES string of the molecule is Cc1nc(C)c(C(OC(C)(C)C)C(=O)OC(C)C)c(N2CCC(C)(C)CC2)c1-c1ccc(C(=O)O)cc1. The first-order valence-electron chi connectivity index (χ1n) is 13.1. The largest absolute Gasteiger partial charge is 0.478 e. The van der Waals surface area contributed by atoms with E-state index in [1.54, 1.807) is 12.1 Å². The topological polar surface area (TPSA) is 89.0 Å². The van der Waals surface area contributed by atoms with Crippen LogP contribution in [0.25, 0.3) is 11.1 Å². The molecule has 1 fully saturated rings. The summed E-state index contributed by atoms with van der Waals surface area (Å²) >= 11 is 0. The minimum absolute atomic E-state index is 0.220. The van der Waals surface area contributed by atoms with Crippen molar-refractivity contribution in [2.75, 3.05) is 18.0 Å². The van der Waals surface area contributed by atoms with Gasteiger partial charge < -0.3 is 19.5 Å². The van der Waals surface area contributed by atoms with Gasteiger partial charge in [0.2, 0.25) is 0 Å². The Balaban J connectivity index is 2.31. The Morgan fingerprint density at radius 3 is 2.08 bits per heavy atom. The van der Waals surface area contributed by atoms with Crippen LogP contribution in [0.15, 0.2) is 24.3 Å². The number of carbonyl (C=O) groups excluding carboxylic acids is 1. The number of carbonyl (C=O) groups is 2. The van der Waals surface area contributed by atoms with E-state index >= 15 is 0 Å². The molecular weight excluding hydrogens is 468 g/mol. The number of carboxylic acids is 1. The summed E-state index contributed by atoms with van der Waals surface area (Å²) in [5.74, 6) is -1.41. The summed E-state index contributed by atoms with van der Waals surface area (Å²) in [7, 11) is 0. The molecule has 0 aliphatic carbocycles. The van der Waals surface area contributed by atoms with Gasteiger partial charge in [0.15, 0.2) is 6.10 Å². The van der Waals surface area contributed by atoms with Crippen molar-refractivity contribution < 1.29 is 24.2 Å². The van der Waals surface area contributed by atoms with Crippen LogP contribution >= 0.6 is 0 Å². The Morgan fingerprint density at radius 1 is 1.03 bits per heavy atom. The molecule has 1 aromatic heterocycles. The van der Waals surface area contributed by atoms with Gasteiger partial charge in [-0.15, -0.1) is 0 Å². The van der Waals surface area contributed by atoms with E-state index in [-0.39, 0.29) is 17.1 Å². The predicted molar refractivity (Wildman–Crippen MR) is 146 cm³/mol. The van der Waals surface area contributed by atoms with Crippen LogP contribution in [0, 0.1) is 19.3 Å². The fraction of sp³-hybridized carbons (Fsp3) is 0.567. The number of hydrogen-bond acceptors (Lipinski definition) is 6. The van der Waals surface area contributed by atoms with Gasteiger partial charge in [-0.2, -0.15) is 0 Å². The van der Waals surface area contributed by atoms with Crippen molar-refractivity contribution in [1.82, 2.24) is 4.98 Å². The van der Waals surface area contributed by atoms with Gasteiger partial charge in [-0.3, -0.25) is 4.98 Å².